The predicted octanol–water partition coefficient (Wildman–Crippen LogP) is 0.903. The highest BCUT2D eigenvalue weighted by atomic mass is 79.9. The van der Waals surface area contributed by atoms with Crippen molar-refractivity contribution in [2.24, 2.45) is 12.8 Å². The third-order valence-corrected chi connectivity index (χ3v) is 3.89. The van der Waals surface area contributed by atoms with Crippen LogP contribution in [0.25, 0.3) is 0 Å². The van der Waals surface area contributed by atoms with Crippen molar-refractivity contribution in [2.45, 2.75) is 19.1 Å². The van der Waals surface area contributed by atoms with Crippen LogP contribution in [0.1, 0.15) is 18.7 Å². The Morgan fingerprint density at radius 3 is 3.06 bits per heavy atom. The normalized spacial score (nSPS) is 23.9. The lowest BCUT2D eigenvalue weighted by Crippen LogP contribution is -2.47. The van der Waals surface area contributed by atoms with E-state index >= 15 is 0 Å². The maximum absolute atomic E-state index is 6.29. The maximum Gasteiger partial charge on any atom is 0.0910 e. The highest BCUT2D eigenvalue weighted by Gasteiger charge is 2.29. The number of aryl methyl sites for hydroxylation is 1. The van der Waals surface area contributed by atoms with Gasteiger partial charge in [0, 0.05) is 20.1 Å². The van der Waals surface area contributed by atoms with Gasteiger partial charge in [0.25, 0.3) is 0 Å². The van der Waals surface area contributed by atoms with Crippen LogP contribution in [0.5, 0.6) is 0 Å². The summed E-state index contributed by atoms with van der Waals surface area (Å²) in [5.41, 5.74) is 7.28. The molecule has 2 N–H and O–H groups in total. The fraction of sp³-hybridized carbons (Fsp3) is 0.727. The first-order valence-electron chi connectivity index (χ1n) is 5.90. The highest BCUT2D eigenvalue weighted by Crippen LogP contribution is 2.26. The second kappa shape index (κ2) is 5.48. The third kappa shape index (κ3) is 2.70. The Morgan fingerprint density at radius 1 is 1.71 bits per heavy atom. The van der Waals surface area contributed by atoms with Crippen LogP contribution in [0.3, 0.4) is 0 Å². The van der Waals surface area contributed by atoms with Crippen LogP contribution in [-0.4, -0.2) is 47.0 Å². The van der Waals surface area contributed by atoms with E-state index < -0.39 is 0 Å². The number of nitrogens with two attached hydrogens (primary N) is 1. The number of nitrogens with zero attached hydrogens (tertiary/aromatic N) is 3. The van der Waals surface area contributed by atoms with Crippen molar-refractivity contribution in [1.82, 2.24) is 14.7 Å². The second-order valence-electron chi connectivity index (χ2n) is 4.33. The largest absolute Gasteiger partial charge is 0.374 e. The number of likely N-dealkylation sites (N-methyl/N-ethyl adjacent to an activating group) is 1. The van der Waals surface area contributed by atoms with E-state index in [2.05, 4.69) is 32.9 Å². The molecular weight excluding hydrogens is 284 g/mol. The molecule has 2 rings (SSSR count). The molecular formula is C11H19BrN4O. The molecule has 6 heteroatoms. The van der Waals surface area contributed by atoms with Crippen molar-refractivity contribution in [3.05, 3.63) is 16.4 Å². The number of rotatable bonds is 3. The minimum absolute atomic E-state index is 0.0374. The number of ether oxygens (including phenoxy) is 1. The van der Waals surface area contributed by atoms with Crippen LogP contribution >= 0.6 is 15.9 Å². The molecule has 17 heavy (non-hydrogen) atoms. The van der Waals surface area contributed by atoms with E-state index in [1.807, 2.05) is 11.7 Å². The molecule has 0 radical (unpaired) electrons. The Labute approximate surface area is 110 Å². The quantitative estimate of drug-likeness (QED) is 0.901. The topological polar surface area (TPSA) is 56.3 Å². The Morgan fingerprint density at radius 2 is 2.47 bits per heavy atom. The van der Waals surface area contributed by atoms with Gasteiger partial charge in [0.1, 0.15) is 0 Å². The van der Waals surface area contributed by atoms with Gasteiger partial charge in [-0.05, 0) is 22.5 Å². The van der Waals surface area contributed by atoms with Gasteiger partial charge in [0.15, 0.2) is 0 Å². The number of aromatic nitrogens is 2. The first kappa shape index (κ1) is 13.0. The van der Waals surface area contributed by atoms with Gasteiger partial charge in [-0.2, -0.15) is 5.10 Å². The molecule has 0 bridgehead atoms. The molecule has 0 spiro atoms. The number of morpholine rings is 1. The molecule has 0 amide bonds. The summed E-state index contributed by atoms with van der Waals surface area (Å²) < 4.78 is 8.53. The molecule has 1 aliphatic rings. The summed E-state index contributed by atoms with van der Waals surface area (Å²) in [4.78, 5) is 2.36. The molecule has 96 valence electrons. The summed E-state index contributed by atoms with van der Waals surface area (Å²) in [6, 6.07) is -0.147. The highest BCUT2D eigenvalue weighted by molar-refractivity contribution is 9.10. The van der Waals surface area contributed by atoms with Crippen molar-refractivity contribution >= 4 is 15.9 Å². The van der Waals surface area contributed by atoms with Crippen molar-refractivity contribution in [3.8, 4) is 0 Å². The average Bonchev–Trinajstić information content (AvgIpc) is 2.68. The molecule has 1 aromatic rings. The summed E-state index contributed by atoms with van der Waals surface area (Å²) in [5.74, 6) is 0. The molecule has 1 aromatic heterocycles. The van der Waals surface area contributed by atoms with Gasteiger partial charge >= 0.3 is 0 Å². The monoisotopic (exact) mass is 302 g/mol. The average molecular weight is 303 g/mol. The van der Waals surface area contributed by atoms with E-state index in [-0.39, 0.29) is 12.1 Å². The maximum atomic E-state index is 6.29. The summed E-state index contributed by atoms with van der Waals surface area (Å²) >= 11 is 3.48. The summed E-state index contributed by atoms with van der Waals surface area (Å²) in [7, 11) is 1.90. The molecule has 0 aromatic carbocycles. The van der Waals surface area contributed by atoms with Crippen LogP contribution in [0.15, 0.2) is 10.7 Å². The van der Waals surface area contributed by atoms with Crippen LogP contribution < -0.4 is 5.73 Å². The van der Waals surface area contributed by atoms with Crippen molar-refractivity contribution in [2.75, 3.05) is 26.2 Å². The molecule has 1 aliphatic heterocycles. The van der Waals surface area contributed by atoms with E-state index in [0.29, 0.717) is 0 Å². The van der Waals surface area contributed by atoms with E-state index in [1.54, 1.807) is 6.20 Å². The molecule has 2 atom stereocenters. The standard InChI is InChI=1S/C11H19BrN4O/c1-3-16-4-5-17-9(7-16)10(13)11-8(12)6-14-15(11)2/h6,9-10H,3-5,7,13H2,1-2H3. The number of halogens is 1. The summed E-state index contributed by atoms with van der Waals surface area (Å²) in [6.45, 7) is 5.83. The van der Waals surface area contributed by atoms with E-state index in [0.717, 1.165) is 36.4 Å². The minimum atomic E-state index is -0.147. The van der Waals surface area contributed by atoms with Crippen LogP contribution in [0.2, 0.25) is 0 Å². The van der Waals surface area contributed by atoms with E-state index in [1.165, 1.54) is 0 Å². The number of hydrogen-bond acceptors (Lipinski definition) is 4. The molecule has 2 heterocycles. The summed E-state index contributed by atoms with van der Waals surface area (Å²) in [6.07, 6.45) is 1.81. The minimum Gasteiger partial charge on any atom is -0.374 e. The smallest absolute Gasteiger partial charge is 0.0910 e. The van der Waals surface area contributed by atoms with Crippen molar-refractivity contribution in [1.29, 1.82) is 0 Å². The summed E-state index contributed by atoms with van der Waals surface area (Å²) in [5, 5.41) is 4.19. The van der Waals surface area contributed by atoms with Gasteiger partial charge in [-0.3, -0.25) is 9.58 Å². The van der Waals surface area contributed by atoms with E-state index in [9.17, 15) is 0 Å². The molecule has 2 unspecified atom stereocenters. The molecule has 1 saturated heterocycles. The Kier molecular flexibility index (Phi) is 4.19. The van der Waals surface area contributed by atoms with Gasteiger partial charge in [0.05, 0.1) is 35.1 Å². The lowest BCUT2D eigenvalue weighted by Gasteiger charge is -2.35. The van der Waals surface area contributed by atoms with E-state index in [4.69, 9.17) is 10.5 Å². The predicted molar refractivity (Wildman–Crippen MR) is 69.7 cm³/mol. The first-order valence-corrected chi connectivity index (χ1v) is 6.69. The molecule has 1 fully saturated rings. The van der Waals surface area contributed by atoms with Gasteiger partial charge < -0.3 is 10.5 Å². The van der Waals surface area contributed by atoms with Gasteiger partial charge in [-0.25, -0.2) is 0 Å². The van der Waals surface area contributed by atoms with Gasteiger partial charge in [-0.15, -0.1) is 0 Å². The Balaban J connectivity index is 2.11. The lowest BCUT2D eigenvalue weighted by atomic mass is 10.1. The zero-order valence-corrected chi connectivity index (χ0v) is 11.9. The van der Waals surface area contributed by atoms with Gasteiger partial charge in [0.2, 0.25) is 0 Å². The van der Waals surface area contributed by atoms with Crippen molar-refractivity contribution < 1.29 is 4.74 Å². The molecule has 0 saturated carbocycles. The second-order valence-corrected chi connectivity index (χ2v) is 5.18. The zero-order valence-electron chi connectivity index (χ0n) is 10.3. The Hall–Kier alpha value is -0.430. The van der Waals surface area contributed by atoms with Crippen LogP contribution in [0.4, 0.5) is 0 Å². The van der Waals surface area contributed by atoms with Crippen molar-refractivity contribution in [3.63, 3.8) is 0 Å². The molecule has 5 nitrogen and oxygen atoms in total. The zero-order chi connectivity index (χ0) is 12.4. The van der Waals surface area contributed by atoms with Gasteiger partial charge in [-0.1, -0.05) is 6.92 Å². The first-order chi connectivity index (χ1) is 8.13. The fourth-order valence-corrected chi connectivity index (χ4v) is 2.82. The van der Waals surface area contributed by atoms with Crippen LogP contribution in [0, 0.1) is 0 Å². The third-order valence-electron chi connectivity index (χ3n) is 3.28. The fourth-order valence-electron chi connectivity index (χ4n) is 2.21. The SMILES string of the molecule is CCN1CCOC(C(N)c2c(Br)cnn2C)C1. The lowest BCUT2D eigenvalue weighted by molar-refractivity contribution is -0.0404. The van der Waals surface area contributed by atoms with Crippen LogP contribution in [-0.2, 0) is 11.8 Å². The number of hydrogen-bond donors (Lipinski definition) is 1. The molecule has 0 aliphatic carbocycles. The Bertz CT molecular complexity index is 362.